The Morgan fingerprint density at radius 2 is 1.90 bits per heavy atom. The Bertz CT molecular complexity index is 1280. The lowest BCUT2D eigenvalue weighted by Crippen LogP contribution is -2.41. The molecular formula is C22H22N6O3. The number of piperidine rings is 1. The Balaban J connectivity index is 1.46. The van der Waals surface area contributed by atoms with Gasteiger partial charge < -0.3 is 9.42 Å². The van der Waals surface area contributed by atoms with Gasteiger partial charge in [-0.1, -0.05) is 42.4 Å². The average molecular weight is 418 g/mol. The van der Waals surface area contributed by atoms with Gasteiger partial charge >= 0.3 is 5.69 Å². The Morgan fingerprint density at radius 1 is 1.13 bits per heavy atom. The molecule has 1 fully saturated rings. The van der Waals surface area contributed by atoms with E-state index in [9.17, 15) is 9.59 Å². The normalized spacial score (nSPS) is 14.9. The van der Waals surface area contributed by atoms with Crippen LogP contribution in [0, 0.1) is 5.92 Å². The molecule has 0 radical (unpaired) electrons. The summed E-state index contributed by atoms with van der Waals surface area (Å²) in [4.78, 5) is 31.8. The van der Waals surface area contributed by atoms with E-state index in [0.717, 1.165) is 31.5 Å². The van der Waals surface area contributed by atoms with Crippen molar-refractivity contribution in [3.8, 4) is 22.8 Å². The number of nitrogens with zero attached hydrogens (tertiary/aromatic N) is 6. The maximum atomic E-state index is 12.8. The molecule has 9 nitrogen and oxygen atoms in total. The fourth-order valence-corrected chi connectivity index (χ4v) is 3.83. The van der Waals surface area contributed by atoms with E-state index in [-0.39, 0.29) is 24.0 Å². The van der Waals surface area contributed by atoms with Crippen LogP contribution in [0.2, 0.25) is 0 Å². The molecule has 31 heavy (non-hydrogen) atoms. The van der Waals surface area contributed by atoms with Crippen molar-refractivity contribution in [2.24, 2.45) is 5.92 Å². The van der Waals surface area contributed by atoms with Crippen LogP contribution in [0.3, 0.4) is 0 Å². The van der Waals surface area contributed by atoms with Crippen molar-refractivity contribution < 1.29 is 9.32 Å². The van der Waals surface area contributed by atoms with Gasteiger partial charge in [0.2, 0.25) is 11.7 Å². The summed E-state index contributed by atoms with van der Waals surface area (Å²) >= 11 is 0. The molecule has 0 saturated carbocycles. The molecule has 1 aliphatic heterocycles. The van der Waals surface area contributed by atoms with Gasteiger partial charge in [-0.3, -0.25) is 4.79 Å². The number of carbonyl (C=O) groups is 1. The Kier molecular flexibility index (Phi) is 4.85. The zero-order valence-corrected chi connectivity index (χ0v) is 17.1. The molecule has 0 unspecified atom stereocenters. The summed E-state index contributed by atoms with van der Waals surface area (Å²) in [5.74, 6) is 1.25. The van der Waals surface area contributed by atoms with Crippen LogP contribution in [0.5, 0.6) is 0 Å². The number of fused-ring (bicyclic) bond motifs is 1. The highest BCUT2D eigenvalue weighted by molar-refractivity contribution is 5.76. The van der Waals surface area contributed by atoms with Gasteiger partial charge in [0.15, 0.2) is 5.65 Å². The van der Waals surface area contributed by atoms with Crippen molar-refractivity contribution in [2.45, 2.75) is 26.3 Å². The van der Waals surface area contributed by atoms with E-state index in [1.807, 2.05) is 35.2 Å². The van der Waals surface area contributed by atoms with Crippen molar-refractivity contribution in [2.75, 3.05) is 13.1 Å². The minimum Gasteiger partial charge on any atom is -0.341 e. The van der Waals surface area contributed by atoms with Crippen molar-refractivity contribution in [1.82, 2.24) is 29.2 Å². The lowest BCUT2D eigenvalue weighted by atomic mass is 9.99. The van der Waals surface area contributed by atoms with Gasteiger partial charge in [0.1, 0.15) is 6.54 Å². The number of rotatable bonds is 4. The first-order valence-corrected chi connectivity index (χ1v) is 10.4. The van der Waals surface area contributed by atoms with Crippen molar-refractivity contribution in [3.05, 3.63) is 59.1 Å². The van der Waals surface area contributed by atoms with Crippen molar-refractivity contribution >= 4 is 11.6 Å². The number of likely N-dealkylation sites (tertiary alicyclic amines) is 1. The zero-order valence-electron chi connectivity index (χ0n) is 17.1. The van der Waals surface area contributed by atoms with Gasteiger partial charge in [-0.2, -0.15) is 4.98 Å². The molecule has 9 heteroatoms. The third-order valence-electron chi connectivity index (χ3n) is 5.72. The molecule has 1 amide bonds. The number of carbonyl (C=O) groups excluding carboxylic acids is 1. The Hall–Kier alpha value is -3.75. The van der Waals surface area contributed by atoms with Crippen LogP contribution >= 0.6 is 0 Å². The predicted molar refractivity (Wildman–Crippen MR) is 113 cm³/mol. The molecule has 5 rings (SSSR count). The van der Waals surface area contributed by atoms with Crippen LogP contribution in [-0.2, 0) is 11.3 Å². The van der Waals surface area contributed by atoms with E-state index in [0.29, 0.717) is 23.0 Å². The number of hydrogen-bond donors (Lipinski definition) is 0. The van der Waals surface area contributed by atoms with Gasteiger partial charge in [0, 0.05) is 24.8 Å². The highest BCUT2D eigenvalue weighted by Gasteiger charge is 2.23. The number of pyridine rings is 1. The Labute approximate surface area is 177 Å². The lowest BCUT2D eigenvalue weighted by molar-refractivity contribution is -0.133. The molecule has 0 spiro atoms. The van der Waals surface area contributed by atoms with Crippen LogP contribution < -0.4 is 5.69 Å². The first-order valence-electron chi connectivity index (χ1n) is 10.4. The number of aromatic nitrogens is 5. The highest BCUT2D eigenvalue weighted by atomic mass is 16.5. The highest BCUT2D eigenvalue weighted by Crippen LogP contribution is 2.24. The fourth-order valence-electron chi connectivity index (χ4n) is 3.83. The molecule has 0 atom stereocenters. The van der Waals surface area contributed by atoms with E-state index in [2.05, 4.69) is 22.2 Å². The number of amides is 1. The SMILES string of the molecule is CC1CCN(C(=O)Cn2nc3c(-c4nc(-c5ccccc5)no4)cccn3c2=O)CC1. The second-order valence-corrected chi connectivity index (χ2v) is 7.91. The fraction of sp³-hybridized carbons (Fsp3) is 0.318. The van der Waals surface area contributed by atoms with E-state index >= 15 is 0 Å². The summed E-state index contributed by atoms with van der Waals surface area (Å²) in [5, 5.41) is 8.46. The molecule has 1 aromatic carbocycles. The number of hydrogen-bond acceptors (Lipinski definition) is 6. The van der Waals surface area contributed by atoms with Crippen LogP contribution in [0.25, 0.3) is 28.5 Å². The van der Waals surface area contributed by atoms with Gasteiger partial charge in [-0.05, 0) is 30.9 Å². The smallest absolute Gasteiger partial charge is 0.341 e. The van der Waals surface area contributed by atoms with Gasteiger partial charge in [-0.25, -0.2) is 13.9 Å². The second-order valence-electron chi connectivity index (χ2n) is 7.91. The largest absolute Gasteiger partial charge is 0.350 e. The molecule has 0 N–H and O–H groups in total. The lowest BCUT2D eigenvalue weighted by Gasteiger charge is -2.30. The maximum Gasteiger partial charge on any atom is 0.350 e. The molecule has 158 valence electrons. The zero-order chi connectivity index (χ0) is 21.4. The monoisotopic (exact) mass is 418 g/mol. The molecule has 4 heterocycles. The van der Waals surface area contributed by atoms with Crippen molar-refractivity contribution in [1.29, 1.82) is 0 Å². The summed E-state index contributed by atoms with van der Waals surface area (Å²) in [5.41, 5.74) is 1.36. The summed E-state index contributed by atoms with van der Waals surface area (Å²) in [6, 6.07) is 13.0. The predicted octanol–water partition coefficient (Wildman–Crippen LogP) is 2.47. The molecule has 1 aliphatic rings. The maximum absolute atomic E-state index is 12.8. The summed E-state index contributed by atoms with van der Waals surface area (Å²) in [6.45, 7) is 3.54. The average Bonchev–Trinajstić information content (AvgIpc) is 3.40. The topological polar surface area (TPSA) is 98.5 Å². The van der Waals surface area contributed by atoms with E-state index in [1.165, 1.54) is 9.08 Å². The molecule has 3 aromatic heterocycles. The van der Waals surface area contributed by atoms with Crippen LogP contribution in [0.15, 0.2) is 58.0 Å². The third-order valence-corrected chi connectivity index (χ3v) is 5.72. The molecule has 1 saturated heterocycles. The molecule has 4 aromatic rings. The summed E-state index contributed by atoms with van der Waals surface area (Å²) in [7, 11) is 0. The molecule has 0 bridgehead atoms. The second kappa shape index (κ2) is 7.82. The third kappa shape index (κ3) is 3.63. The summed E-state index contributed by atoms with van der Waals surface area (Å²) < 4.78 is 8.05. The van der Waals surface area contributed by atoms with Gasteiger partial charge in [0.25, 0.3) is 5.89 Å². The van der Waals surface area contributed by atoms with Crippen LogP contribution in [0.1, 0.15) is 19.8 Å². The van der Waals surface area contributed by atoms with E-state index in [4.69, 9.17) is 4.52 Å². The van der Waals surface area contributed by atoms with Gasteiger partial charge in [-0.15, -0.1) is 5.10 Å². The first kappa shape index (κ1) is 19.2. The first-order chi connectivity index (χ1) is 15.1. The molecule has 0 aliphatic carbocycles. The van der Waals surface area contributed by atoms with Crippen LogP contribution in [-0.4, -0.2) is 48.2 Å². The minimum atomic E-state index is -0.377. The van der Waals surface area contributed by atoms with Crippen molar-refractivity contribution in [3.63, 3.8) is 0 Å². The van der Waals surface area contributed by atoms with Gasteiger partial charge in [0.05, 0.1) is 5.56 Å². The van der Waals surface area contributed by atoms with Crippen LogP contribution in [0.4, 0.5) is 0 Å². The van der Waals surface area contributed by atoms with E-state index < -0.39 is 0 Å². The van der Waals surface area contributed by atoms with E-state index in [1.54, 1.807) is 18.3 Å². The standard InChI is InChI=1S/C22H22N6O3/c1-15-9-12-26(13-10-15)18(29)14-28-22(30)27-11-5-8-17(20(27)24-28)21-23-19(25-31-21)16-6-3-2-4-7-16/h2-8,11,15H,9-10,12-14H2,1H3. The quantitative estimate of drug-likeness (QED) is 0.505. The Morgan fingerprint density at radius 3 is 2.68 bits per heavy atom. The molecular weight excluding hydrogens is 396 g/mol. The minimum absolute atomic E-state index is 0.0898. The summed E-state index contributed by atoms with van der Waals surface area (Å²) in [6.07, 6.45) is 3.58. The number of benzene rings is 1.